The highest BCUT2D eigenvalue weighted by molar-refractivity contribution is 6.01. The van der Waals surface area contributed by atoms with Crippen molar-refractivity contribution in [2.24, 2.45) is 0 Å². The number of amides is 2. The predicted molar refractivity (Wildman–Crippen MR) is 140 cm³/mol. The molecular weight excluding hydrogens is 514 g/mol. The number of rotatable bonds is 7. The summed E-state index contributed by atoms with van der Waals surface area (Å²) in [5, 5.41) is 5.76. The fourth-order valence-corrected chi connectivity index (χ4v) is 4.38. The first-order chi connectivity index (χ1) is 18.6. The summed E-state index contributed by atoms with van der Waals surface area (Å²) in [5.41, 5.74) is 1.61. The van der Waals surface area contributed by atoms with Gasteiger partial charge in [0.15, 0.2) is 0 Å². The van der Waals surface area contributed by atoms with Crippen LogP contribution in [0.2, 0.25) is 0 Å². The summed E-state index contributed by atoms with van der Waals surface area (Å²) >= 11 is 0. The monoisotopic (exact) mass is 547 g/mol. The van der Waals surface area contributed by atoms with Gasteiger partial charge in [-0.05, 0) is 54.8 Å². The molecule has 0 radical (unpaired) electrons. The zero-order valence-electron chi connectivity index (χ0n) is 22.4. The summed E-state index contributed by atoms with van der Waals surface area (Å²) < 4.78 is 59.3. The van der Waals surface area contributed by atoms with Crippen molar-refractivity contribution in [2.45, 2.75) is 65.5 Å². The number of hydrogen-bond donors (Lipinski definition) is 2. The van der Waals surface area contributed by atoms with E-state index in [2.05, 4.69) is 10.6 Å². The summed E-state index contributed by atoms with van der Waals surface area (Å²) in [6.07, 6.45) is -3.99. The second-order valence-corrected chi connectivity index (χ2v) is 8.89. The number of alkyl halides is 3. The summed E-state index contributed by atoms with van der Waals surface area (Å²) in [7, 11) is 0. The molecule has 4 rings (SSSR count). The third-order valence-electron chi connectivity index (χ3n) is 6.46. The van der Waals surface area contributed by atoms with E-state index in [9.17, 15) is 27.2 Å². The van der Waals surface area contributed by atoms with Crippen LogP contribution in [0.4, 0.5) is 17.6 Å². The standard InChI is InChI=1S/C27H27F4N3O3.C2H6/c1-3-22(18-4-8-19(9-5-18)27(29,30)31)33-25(35)21-14-23(34-12-13-37-15-24(21)34)26(36)32-16(2)17-6-10-20(28)11-7-17;1-2/h4-11,14,16,22H,3,12-13,15H2,1-2H3,(H,32,36)(H,33,35);1-2H3/t16-,22-;/m1./s1. The van der Waals surface area contributed by atoms with E-state index in [1.165, 1.54) is 30.3 Å². The lowest BCUT2D eigenvalue weighted by Crippen LogP contribution is -2.31. The van der Waals surface area contributed by atoms with Gasteiger partial charge < -0.3 is 19.9 Å². The molecule has 2 N–H and O–H groups in total. The lowest BCUT2D eigenvalue weighted by Gasteiger charge is -2.21. The summed E-state index contributed by atoms with van der Waals surface area (Å²) in [5.74, 6) is -1.22. The van der Waals surface area contributed by atoms with Crippen LogP contribution in [0.3, 0.4) is 0 Å². The number of carbonyl (C=O) groups is 2. The molecule has 3 aromatic rings. The zero-order chi connectivity index (χ0) is 28.7. The third-order valence-corrected chi connectivity index (χ3v) is 6.46. The minimum Gasteiger partial charge on any atom is -0.373 e. The Labute approximate surface area is 225 Å². The van der Waals surface area contributed by atoms with E-state index < -0.39 is 35.6 Å². The van der Waals surface area contributed by atoms with Gasteiger partial charge >= 0.3 is 6.18 Å². The Bertz CT molecular complexity index is 1270. The van der Waals surface area contributed by atoms with E-state index in [0.717, 1.165) is 17.7 Å². The highest BCUT2D eigenvalue weighted by atomic mass is 19.4. The van der Waals surface area contributed by atoms with Crippen LogP contribution in [0.25, 0.3) is 0 Å². The van der Waals surface area contributed by atoms with Gasteiger partial charge in [0.05, 0.1) is 42.1 Å². The van der Waals surface area contributed by atoms with E-state index in [4.69, 9.17) is 4.74 Å². The summed E-state index contributed by atoms with van der Waals surface area (Å²) in [6.45, 7) is 8.49. The molecule has 2 aromatic carbocycles. The topological polar surface area (TPSA) is 72.4 Å². The number of ether oxygens (including phenoxy) is 1. The zero-order valence-corrected chi connectivity index (χ0v) is 22.4. The molecule has 2 amide bonds. The molecule has 1 aliphatic rings. The van der Waals surface area contributed by atoms with Crippen molar-refractivity contribution in [1.29, 1.82) is 0 Å². The smallest absolute Gasteiger partial charge is 0.373 e. The van der Waals surface area contributed by atoms with Gasteiger partial charge in [0, 0.05) is 6.54 Å². The molecule has 0 bridgehead atoms. The third kappa shape index (κ3) is 7.06. The molecule has 0 saturated heterocycles. The van der Waals surface area contributed by atoms with Gasteiger partial charge in [-0.1, -0.05) is 45.0 Å². The number of carbonyl (C=O) groups excluding carboxylic acids is 2. The lowest BCUT2D eigenvalue weighted by molar-refractivity contribution is -0.137. The first-order valence-electron chi connectivity index (χ1n) is 12.9. The molecule has 39 heavy (non-hydrogen) atoms. The maximum absolute atomic E-state index is 13.3. The predicted octanol–water partition coefficient (Wildman–Crippen LogP) is 6.57. The maximum atomic E-state index is 13.3. The molecule has 0 fully saturated rings. The van der Waals surface area contributed by atoms with Crippen LogP contribution < -0.4 is 10.6 Å². The second kappa shape index (κ2) is 12.9. The minimum atomic E-state index is -4.44. The number of nitrogens with one attached hydrogen (secondary N) is 2. The molecule has 0 unspecified atom stereocenters. The average molecular weight is 548 g/mol. The van der Waals surface area contributed by atoms with Crippen molar-refractivity contribution < 1.29 is 31.9 Å². The van der Waals surface area contributed by atoms with Gasteiger partial charge in [-0.2, -0.15) is 13.2 Å². The first-order valence-corrected chi connectivity index (χ1v) is 12.9. The molecule has 1 aliphatic heterocycles. The number of halogens is 4. The molecular formula is C29H33F4N3O3. The Kier molecular flexibility index (Phi) is 9.91. The van der Waals surface area contributed by atoms with Crippen LogP contribution >= 0.6 is 0 Å². The molecule has 210 valence electrons. The summed E-state index contributed by atoms with van der Waals surface area (Å²) in [4.78, 5) is 26.4. The Morgan fingerprint density at radius 3 is 2.18 bits per heavy atom. The van der Waals surface area contributed by atoms with Gasteiger partial charge in [-0.3, -0.25) is 9.59 Å². The molecule has 2 atom stereocenters. The average Bonchev–Trinajstić information content (AvgIpc) is 3.33. The molecule has 0 saturated carbocycles. The van der Waals surface area contributed by atoms with Crippen molar-refractivity contribution in [3.63, 3.8) is 0 Å². The van der Waals surface area contributed by atoms with Crippen LogP contribution in [0.5, 0.6) is 0 Å². The van der Waals surface area contributed by atoms with Gasteiger partial charge in [0.2, 0.25) is 0 Å². The molecule has 6 nitrogen and oxygen atoms in total. The van der Waals surface area contributed by atoms with E-state index in [-0.39, 0.29) is 18.0 Å². The molecule has 0 aliphatic carbocycles. The van der Waals surface area contributed by atoms with Crippen molar-refractivity contribution in [1.82, 2.24) is 15.2 Å². The Hall–Kier alpha value is -3.66. The lowest BCUT2D eigenvalue weighted by atomic mass is 10.0. The normalized spacial score (nSPS) is 14.4. The Morgan fingerprint density at radius 2 is 1.59 bits per heavy atom. The van der Waals surface area contributed by atoms with Gasteiger partial charge in [-0.15, -0.1) is 0 Å². The number of benzene rings is 2. The number of hydrogen-bond acceptors (Lipinski definition) is 3. The van der Waals surface area contributed by atoms with Crippen LogP contribution in [0, 0.1) is 5.82 Å². The van der Waals surface area contributed by atoms with Crippen molar-refractivity contribution >= 4 is 11.8 Å². The highest BCUT2D eigenvalue weighted by Crippen LogP contribution is 2.31. The van der Waals surface area contributed by atoms with Crippen LogP contribution in [-0.2, 0) is 24.1 Å². The highest BCUT2D eigenvalue weighted by Gasteiger charge is 2.31. The van der Waals surface area contributed by atoms with E-state index in [0.29, 0.717) is 36.5 Å². The fraction of sp³-hybridized carbons (Fsp3) is 0.379. The minimum absolute atomic E-state index is 0.140. The van der Waals surface area contributed by atoms with Crippen LogP contribution in [-0.4, -0.2) is 23.0 Å². The number of nitrogens with zero attached hydrogens (tertiary/aromatic N) is 1. The quantitative estimate of drug-likeness (QED) is 0.329. The Balaban J connectivity index is 0.00000205. The summed E-state index contributed by atoms with van der Waals surface area (Å²) in [6, 6.07) is 11.1. The first kappa shape index (κ1) is 29.9. The van der Waals surface area contributed by atoms with Crippen LogP contribution in [0.15, 0.2) is 54.6 Å². The van der Waals surface area contributed by atoms with Crippen molar-refractivity contribution in [3.8, 4) is 0 Å². The molecule has 2 heterocycles. The SMILES string of the molecule is CC.CC[C@@H](NC(=O)c1cc(C(=O)N[C@H](C)c2ccc(F)cc2)n2c1COCC2)c1ccc(C(F)(F)F)cc1. The Morgan fingerprint density at radius 1 is 0.974 bits per heavy atom. The fourth-order valence-electron chi connectivity index (χ4n) is 4.38. The molecule has 1 aromatic heterocycles. The molecule has 10 heteroatoms. The van der Waals surface area contributed by atoms with Crippen molar-refractivity contribution in [2.75, 3.05) is 6.61 Å². The van der Waals surface area contributed by atoms with E-state index >= 15 is 0 Å². The van der Waals surface area contributed by atoms with E-state index in [1.54, 1.807) is 23.6 Å². The number of fused-ring (bicyclic) bond motifs is 1. The van der Waals surface area contributed by atoms with Crippen LogP contribution in [0.1, 0.15) is 89.4 Å². The number of aromatic nitrogens is 1. The van der Waals surface area contributed by atoms with Gasteiger partial charge in [0.25, 0.3) is 11.8 Å². The van der Waals surface area contributed by atoms with Gasteiger partial charge in [0.1, 0.15) is 11.5 Å². The molecule has 0 spiro atoms. The maximum Gasteiger partial charge on any atom is 0.416 e. The van der Waals surface area contributed by atoms with Gasteiger partial charge in [-0.25, -0.2) is 4.39 Å². The van der Waals surface area contributed by atoms with Crippen molar-refractivity contribution in [3.05, 3.63) is 94.1 Å². The second-order valence-electron chi connectivity index (χ2n) is 8.89. The largest absolute Gasteiger partial charge is 0.416 e. The van der Waals surface area contributed by atoms with E-state index in [1.807, 2.05) is 20.8 Å².